The molecule has 1 aromatic heterocycles. The van der Waals surface area contributed by atoms with E-state index < -0.39 is 20.7 Å². The van der Waals surface area contributed by atoms with Gasteiger partial charge in [0.1, 0.15) is 10.7 Å². The van der Waals surface area contributed by atoms with E-state index in [1.165, 1.54) is 11.8 Å². The van der Waals surface area contributed by atoms with Crippen LogP contribution < -0.4 is 20.7 Å². The van der Waals surface area contributed by atoms with Gasteiger partial charge in [0.15, 0.2) is 5.13 Å². The number of benzene rings is 2. The maximum atomic E-state index is 14.5. The monoisotopic (exact) mass is 511 g/mol. The number of unbranched alkanes of at least 4 members (excludes halogenated alkanes) is 1. The number of sulfonamides is 1. The van der Waals surface area contributed by atoms with Gasteiger partial charge in [-0.2, -0.15) is 0 Å². The molecular formula is C22H27ClFN5O2S2. The lowest BCUT2D eigenvalue weighted by Gasteiger charge is -2.12. The third-order valence-corrected chi connectivity index (χ3v) is 7.20. The van der Waals surface area contributed by atoms with Gasteiger partial charge < -0.3 is 16.0 Å². The van der Waals surface area contributed by atoms with Gasteiger partial charge >= 0.3 is 0 Å². The first-order valence-corrected chi connectivity index (χ1v) is 13.3. The van der Waals surface area contributed by atoms with Gasteiger partial charge in [0.05, 0.1) is 10.7 Å². The zero-order chi connectivity index (χ0) is 23.5. The lowest BCUT2D eigenvalue weighted by molar-refractivity contribution is 0.570. The molecule has 4 N–H and O–H groups in total. The van der Waals surface area contributed by atoms with Crippen molar-refractivity contribution in [2.24, 2.45) is 0 Å². The summed E-state index contributed by atoms with van der Waals surface area (Å²) in [6, 6.07) is 12.5. The molecule has 0 bridgehead atoms. The fourth-order valence-corrected chi connectivity index (χ4v) is 5.21. The molecule has 11 heteroatoms. The third-order valence-electron chi connectivity index (χ3n) is 4.71. The molecular weight excluding hydrogens is 485 g/mol. The molecule has 0 radical (unpaired) electrons. The first-order valence-electron chi connectivity index (χ1n) is 10.6. The minimum Gasteiger partial charge on any atom is -0.384 e. The molecule has 3 aromatic rings. The summed E-state index contributed by atoms with van der Waals surface area (Å²) >= 11 is 7.29. The van der Waals surface area contributed by atoms with Crippen molar-refractivity contribution >= 4 is 43.8 Å². The number of hydrogen-bond donors (Lipinski definition) is 4. The zero-order valence-corrected chi connectivity index (χ0v) is 20.4. The summed E-state index contributed by atoms with van der Waals surface area (Å²) in [5, 5.41) is 11.8. The molecule has 0 fully saturated rings. The Balaban J connectivity index is 1.34. The quantitative estimate of drug-likeness (QED) is 0.241. The first-order chi connectivity index (χ1) is 16.0. The number of halogens is 2. The van der Waals surface area contributed by atoms with Crippen molar-refractivity contribution in [3.8, 4) is 0 Å². The molecule has 0 saturated carbocycles. The van der Waals surface area contributed by atoms with E-state index in [1.807, 2.05) is 18.2 Å². The molecule has 0 atom stereocenters. The molecule has 0 spiro atoms. The summed E-state index contributed by atoms with van der Waals surface area (Å²) in [6.07, 6.45) is 3.25. The normalized spacial score (nSPS) is 11.5. The van der Waals surface area contributed by atoms with Crippen LogP contribution in [0.1, 0.15) is 18.4 Å². The maximum Gasteiger partial charge on any atom is 0.266 e. The highest BCUT2D eigenvalue weighted by molar-refractivity contribution is 7.93. The van der Waals surface area contributed by atoms with Crippen molar-refractivity contribution < 1.29 is 12.8 Å². The van der Waals surface area contributed by atoms with Crippen LogP contribution in [-0.2, 0) is 16.6 Å². The number of aromatic nitrogens is 1. The van der Waals surface area contributed by atoms with Crippen LogP contribution in [0.2, 0.25) is 5.02 Å². The topological polar surface area (TPSA) is 95.2 Å². The molecule has 0 unspecified atom stereocenters. The molecule has 3 rings (SSSR count). The van der Waals surface area contributed by atoms with E-state index in [-0.39, 0.29) is 10.2 Å². The fraction of sp³-hybridized carbons (Fsp3) is 0.318. The van der Waals surface area contributed by atoms with Gasteiger partial charge in [-0.05, 0) is 37.1 Å². The predicted octanol–water partition coefficient (Wildman–Crippen LogP) is 4.31. The Hall–Kier alpha value is -2.24. The summed E-state index contributed by atoms with van der Waals surface area (Å²) < 4.78 is 41.5. The van der Waals surface area contributed by atoms with Crippen molar-refractivity contribution in [3.05, 3.63) is 70.4 Å². The first kappa shape index (κ1) is 25.4. The molecule has 2 aromatic carbocycles. The van der Waals surface area contributed by atoms with Crippen LogP contribution in [0.3, 0.4) is 0 Å². The van der Waals surface area contributed by atoms with Crippen LogP contribution in [0, 0.1) is 5.82 Å². The smallest absolute Gasteiger partial charge is 0.266 e. The van der Waals surface area contributed by atoms with Crippen LogP contribution in [0.5, 0.6) is 0 Å². The van der Waals surface area contributed by atoms with E-state index in [0.29, 0.717) is 12.2 Å². The number of nitrogens with zero attached hydrogens (tertiary/aromatic N) is 1. The van der Waals surface area contributed by atoms with Crippen LogP contribution >= 0.6 is 22.9 Å². The molecule has 0 aliphatic carbocycles. The van der Waals surface area contributed by atoms with Gasteiger partial charge in [-0.1, -0.05) is 41.9 Å². The van der Waals surface area contributed by atoms with Crippen molar-refractivity contribution in [2.45, 2.75) is 24.3 Å². The standard InChI is InChI=1S/C22H27ClFN5O2S2/c23-18-14-21(33(30,31)29-22-28-12-13-32-22)19(24)15-20(18)27-9-5-4-8-25-10-11-26-16-17-6-2-1-3-7-17/h1-3,6-7,12-15,25-27H,4-5,8-11,16H2,(H,28,29). The Morgan fingerprint density at radius 1 is 1.00 bits per heavy atom. The summed E-state index contributed by atoms with van der Waals surface area (Å²) in [5.74, 6) is -0.879. The molecule has 0 aliphatic rings. The number of rotatable bonds is 14. The molecule has 0 amide bonds. The highest BCUT2D eigenvalue weighted by Crippen LogP contribution is 2.29. The van der Waals surface area contributed by atoms with Gasteiger partial charge in [-0.15, -0.1) is 11.3 Å². The molecule has 178 valence electrons. The summed E-state index contributed by atoms with van der Waals surface area (Å²) in [5.41, 5.74) is 1.63. The summed E-state index contributed by atoms with van der Waals surface area (Å²) in [7, 11) is -4.11. The maximum absolute atomic E-state index is 14.5. The van der Waals surface area contributed by atoms with Gasteiger partial charge in [0, 0.05) is 37.8 Å². The Bertz CT molecular complexity index is 1100. The average Bonchev–Trinajstić information content (AvgIpc) is 3.30. The molecule has 0 aliphatic heterocycles. The molecule has 7 nitrogen and oxygen atoms in total. The Labute approximate surface area is 202 Å². The van der Waals surface area contributed by atoms with E-state index in [1.54, 1.807) is 5.38 Å². The van der Waals surface area contributed by atoms with E-state index >= 15 is 0 Å². The third kappa shape index (κ3) is 8.24. The van der Waals surface area contributed by atoms with Crippen LogP contribution in [-0.4, -0.2) is 39.6 Å². The van der Waals surface area contributed by atoms with E-state index in [4.69, 9.17) is 11.6 Å². The minimum atomic E-state index is -4.11. The number of nitrogens with one attached hydrogen (secondary N) is 4. The largest absolute Gasteiger partial charge is 0.384 e. The fourth-order valence-electron chi connectivity index (χ4n) is 3.04. The lowest BCUT2D eigenvalue weighted by atomic mass is 10.2. The minimum absolute atomic E-state index is 0.138. The van der Waals surface area contributed by atoms with Gasteiger partial charge in [0.2, 0.25) is 0 Å². The van der Waals surface area contributed by atoms with Crippen molar-refractivity contribution in [1.29, 1.82) is 0 Å². The highest BCUT2D eigenvalue weighted by atomic mass is 35.5. The molecule has 1 heterocycles. The Kier molecular flexibility index (Phi) is 9.89. The van der Waals surface area contributed by atoms with Crippen molar-refractivity contribution in [3.63, 3.8) is 0 Å². The van der Waals surface area contributed by atoms with Crippen LogP contribution in [0.25, 0.3) is 0 Å². The van der Waals surface area contributed by atoms with Crippen LogP contribution in [0.4, 0.5) is 15.2 Å². The van der Waals surface area contributed by atoms with E-state index in [0.717, 1.165) is 62.5 Å². The van der Waals surface area contributed by atoms with E-state index in [2.05, 4.69) is 37.8 Å². The van der Waals surface area contributed by atoms with Crippen LogP contribution in [0.15, 0.2) is 58.9 Å². The van der Waals surface area contributed by atoms with Crippen molar-refractivity contribution in [1.82, 2.24) is 15.6 Å². The number of hydrogen-bond acceptors (Lipinski definition) is 7. The number of anilines is 2. The van der Waals surface area contributed by atoms with Gasteiger partial charge in [-0.25, -0.2) is 17.8 Å². The molecule has 33 heavy (non-hydrogen) atoms. The van der Waals surface area contributed by atoms with E-state index in [9.17, 15) is 12.8 Å². The second kappa shape index (κ2) is 12.9. The highest BCUT2D eigenvalue weighted by Gasteiger charge is 2.22. The number of thiazole rings is 1. The predicted molar refractivity (Wildman–Crippen MR) is 133 cm³/mol. The van der Waals surface area contributed by atoms with Gasteiger partial charge in [0.25, 0.3) is 10.0 Å². The lowest BCUT2D eigenvalue weighted by Crippen LogP contribution is -2.27. The molecule has 0 saturated heterocycles. The average molecular weight is 512 g/mol. The Morgan fingerprint density at radius 3 is 2.52 bits per heavy atom. The van der Waals surface area contributed by atoms with Gasteiger partial charge in [-0.3, -0.25) is 4.72 Å². The second-order valence-corrected chi connectivity index (χ2v) is 10.2. The SMILES string of the molecule is O=S(=O)(Nc1nccs1)c1cc(Cl)c(NCCCCNCCNCc2ccccc2)cc1F. The summed E-state index contributed by atoms with van der Waals surface area (Å²) in [6.45, 7) is 4.08. The van der Waals surface area contributed by atoms with Crippen molar-refractivity contribution in [2.75, 3.05) is 36.2 Å². The zero-order valence-electron chi connectivity index (χ0n) is 18.0. The Morgan fingerprint density at radius 2 is 1.76 bits per heavy atom. The second-order valence-electron chi connectivity index (χ2n) is 7.25. The summed E-state index contributed by atoms with van der Waals surface area (Å²) in [4.78, 5) is 3.33.